The van der Waals surface area contributed by atoms with Gasteiger partial charge in [-0.25, -0.2) is 4.98 Å². The van der Waals surface area contributed by atoms with Gasteiger partial charge in [0.25, 0.3) is 0 Å². The van der Waals surface area contributed by atoms with Crippen LogP contribution in [0.2, 0.25) is 5.02 Å². The van der Waals surface area contributed by atoms with Crippen molar-refractivity contribution in [1.82, 2.24) is 9.97 Å². The maximum absolute atomic E-state index is 12.6. The van der Waals surface area contributed by atoms with Gasteiger partial charge in [-0.2, -0.15) is 4.98 Å². The van der Waals surface area contributed by atoms with Crippen molar-refractivity contribution < 1.29 is 28.1 Å². The van der Waals surface area contributed by atoms with Gasteiger partial charge in [0, 0.05) is 17.7 Å². The van der Waals surface area contributed by atoms with Crippen molar-refractivity contribution in [3.8, 4) is 22.8 Å². The van der Waals surface area contributed by atoms with E-state index in [-0.39, 0.29) is 46.9 Å². The molecule has 1 atom stereocenters. The molecule has 1 heterocycles. The number of aliphatic hydroxyl groups is 1. The molecule has 0 spiro atoms. The number of benzene rings is 2. The molecule has 0 amide bonds. The molecule has 0 aliphatic rings. The molecule has 3 aromatic rings. The first kappa shape index (κ1) is 24.4. The third-order valence-electron chi connectivity index (χ3n) is 4.62. The Morgan fingerprint density at radius 1 is 1.09 bits per heavy atom. The second kappa shape index (κ2) is 10.1. The molecule has 3 rings (SSSR count). The quantitative estimate of drug-likeness (QED) is 0.311. The molecule has 0 bridgehead atoms. The predicted octanol–water partition coefficient (Wildman–Crippen LogP) is 5.57. The van der Waals surface area contributed by atoms with Crippen molar-refractivity contribution in [2.45, 2.75) is 26.3 Å². The summed E-state index contributed by atoms with van der Waals surface area (Å²) in [7, 11) is 0. The molecule has 0 fully saturated rings. The third-order valence-corrected chi connectivity index (χ3v) is 4.93. The Bertz CT molecular complexity index is 1110. The molecule has 0 radical (unpaired) electrons. The van der Waals surface area contributed by atoms with Crippen molar-refractivity contribution in [3.63, 3.8) is 0 Å². The Morgan fingerprint density at radius 3 is 2.48 bits per heavy atom. The summed E-state index contributed by atoms with van der Waals surface area (Å²) in [5.41, 5.74) is 1.10. The largest absolute Gasteiger partial charge is 0.573 e. The van der Waals surface area contributed by atoms with Crippen LogP contribution in [-0.4, -0.2) is 39.2 Å². The summed E-state index contributed by atoms with van der Waals surface area (Å²) >= 11 is 6.17. The number of nitrogens with zero attached hydrogens (tertiary/aromatic N) is 2. The van der Waals surface area contributed by atoms with Gasteiger partial charge in [-0.15, -0.1) is 13.2 Å². The molecule has 0 saturated heterocycles. The average molecular weight is 483 g/mol. The van der Waals surface area contributed by atoms with Crippen molar-refractivity contribution in [2.75, 3.05) is 17.2 Å². The van der Waals surface area contributed by atoms with Crippen molar-refractivity contribution in [3.05, 3.63) is 53.6 Å². The van der Waals surface area contributed by atoms with Gasteiger partial charge in [-0.05, 0) is 30.2 Å². The van der Waals surface area contributed by atoms with Crippen LogP contribution in [0, 0.1) is 5.92 Å². The standard InChI is InChI=1S/C22H22ClF3N4O3/c1-12(2)19(11-31)29-21-28-18(13-4-3-5-15(8-13)33-22(24,25)26)10-20(30-21)27-17-7-6-14(32)9-16(17)23/h3-10,12,19,31-32H,11H2,1-2H3,(H2,27,28,29,30)/t19-/m1/s1. The smallest absolute Gasteiger partial charge is 0.508 e. The molecule has 11 heteroatoms. The van der Waals surface area contributed by atoms with E-state index in [1.54, 1.807) is 12.1 Å². The van der Waals surface area contributed by atoms with Gasteiger partial charge in [0.1, 0.15) is 17.3 Å². The number of ether oxygens (including phenoxy) is 1. The van der Waals surface area contributed by atoms with Crippen LogP contribution in [0.1, 0.15) is 13.8 Å². The van der Waals surface area contributed by atoms with E-state index in [0.29, 0.717) is 16.9 Å². The second-order valence-electron chi connectivity index (χ2n) is 7.50. The highest BCUT2D eigenvalue weighted by atomic mass is 35.5. The Hall–Kier alpha value is -3.24. The van der Waals surface area contributed by atoms with Crippen LogP contribution in [-0.2, 0) is 0 Å². The fraction of sp³-hybridized carbons (Fsp3) is 0.273. The molecule has 0 aliphatic heterocycles. The number of aromatic nitrogens is 2. The van der Waals surface area contributed by atoms with E-state index in [1.165, 1.54) is 36.4 Å². The van der Waals surface area contributed by atoms with E-state index in [1.807, 2.05) is 13.8 Å². The number of anilines is 3. The van der Waals surface area contributed by atoms with E-state index in [4.69, 9.17) is 11.6 Å². The van der Waals surface area contributed by atoms with Gasteiger partial charge in [0.05, 0.1) is 29.1 Å². The topological polar surface area (TPSA) is 99.5 Å². The first-order valence-electron chi connectivity index (χ1n) is 9.92. The van der Waals surface area contributed by atoms with Gasteiger partial charge in [-0.1, -0.05) is 37.6 Å². The molecule has 2 aromatic carbocycles. The average Bonchev–Trinajstić information content (AvgIpc) is 2.72. The highest BCUT2D eigenvalue weighted by Gasteiger charge is 2.31. The number of nitrogens with one attached hydrogen (secondary N) is 2. The van der Waals surface area contributed by atoms with Crippen LogP contribution in [0.5, 0.6) is 11.5 Å². The lowest BCUT2D eigenvalue weighted by atomic mass is 10.1. The zero-order valence-electron chi connectivity index (χ0n) is 17.7. The lowest BCUT2D eigenvalue weighted by Gasteiger charge is -2.21. The lowest BCUT2D eigenvalue weighted by Crippen LogP contribution is -2.30. The van der Waals surface area contributed by atoms with E-state index in [0.717, 1.165) is 0 Å². The summed E-state index contributed by atoms with van der Waals surface area (Å²) in [6.07, 6.45) is -4.83. The maximum atomic E-state index is 12.6. The zero-order valence-corrected chi connectivity index (χ0v) is 18.4. The number of aliphatic hydroxyl groups excluding tert-OH is 1. The Labute approximate surface area is 193 Å². The number of alkyl halides is 3. The Balaban J connectivity index is 2.02. The SMILES string of the molecule is CC(C)[C@@H](CO)Nc1nc(Nc2ccc(O)cc2Cl)cc(-c2cccc(OC(F)(F)F)c2)n1. The van der Waals surface area contributed by atoms with Crippen molar-refractivity contribution in [1.29, 1.82) is 0 Å². The summed E-state index contributed by atoms with van der Waals surface area (Å²) in [5.74, 6) is 0.0892. The summed E-state index contributed by atoms with van der Waals surface area (Å²) in [6, 6.07) is 10.9. The summed E-state index contributed by atoms with van der Waals surface area (Å²) < 4.78 is 42.0. The van der Waals surface area contributed by atoms with Crippen LogP contribution < -0.4 is 15.4 Å². The molecule has 4 N–H and O–H groups in total. The number of halogens is 4. The first-order chi connectivity index (χ1) is 15.5. The second-order valence-corrected chi connectivity index (χ2v) is 7.91. The minimum Gasteiger partial charge on any atom is -0.508 e. The first-order valence-corrected chi connectivity index (χ1v) is 10.3. The highest BCUT2D eigenvalue weighted by molar-refractivity contribution is 6.33. The van der Waals surface area contributed by atoms with E-state index in [2.05, 4.69) is 25.3 Å². The summed E-state index contributed by atoms with van der Waals surface area (Å²) in [5, 5.41) is 25.5. The molecular weight excluding hydrogens is 461 g/mol. The molecule has 0 aliphatic carbocycles. The molecule has 0 unspecified atom stereocenters. The minimum atomic E-state index is -4.83. The molecule has 1 aromatic heterocycles. The normalized spacial score (nSPS) is 12.5. The monoisotopic (exact) mass is 482 g/mol. The van der Waals surface area contributed by atoms with Crippen LogP contribution in [0.4, 0.5) is 30.6 Å². The zero-order chi connectivity index (χ0) is 24.2. The van der Waals surface area contributed by atoms with Crippen LogP contribution in [0.15, 0.2) is 48.5 Å². The minimum absolute atomic E-state index is 0.0134. The molecule has 176 valence electrons. The molecule has 0 saturated carbocycles. The van der Waals surface area contributed by atoms with E-state index < -0.39 is 6.36 Å². The van der Waals surface area contributed by atoms with E-state index >= 15 is 0 Å². The van der Waals surface area contributed by atoms with Gasteiger partial charge >= 0.3 is 6.36 Å². The van der Waals surface area contributed by atoms with Crippen LogP contribution in [0.3, 0.4) is 0 Å². The Kier molecular flexibility index (Phi) is 7.50. The Morgan fingerprint density at radius 2 is 1.85 bits per heavy atom. The van der Waals surface area contributed by atoms with Gasteiger partial charge < -0.3 is 25.6 Å². The third kappa shape index (κ3) is 6.87. The van der Waals surface area contributed by atoms with Crippen LogP contribution in [0.25, 0.3) is 11.3 Å². The lowest BCUT2D eigenvalue weighted by molar-refractivity contribution is -0.274. The van der Waals surface area contributed by atoms with Gasteiger partial charge in [0.2, 0.25) is 5.95 Å². The van der Waals surface area contributed by atoms with Gasteiger partial charge in [0.15, 0.2) is 0 Å². The number of hydrogen-bond donors (Lipinski definition) is 4. The maximum Gasteiger partial charge on any atom is 0.573 e. The summed E-state index contributed by atoms with van der Waals surface area (Å²) in [6.45, 7) is 3.64. The number of hydrogen-bond acceptors (Lipinski definition) is 7. The van der Waals surface area contributed by atoms with E-state index in [9.17, 15) is 23.4 Å². The van der Waals surface area contributed by atoms with Crippen LogP contribution >= 0.6 is 11.6 Å². The molecule has 7 nitrogen and oxygen atoms in total. The summed E-state index contributed by atoms with van der Waals surface area (Å²) in [4.78, 5) is 8.80. The molecular formula is C22H22ClF3N4O3. The fourth-order valence-corrected chi connectivity index (χ4v) is 3.13. The number of aromatic hydroxyl groups is 1. The fourth-order valence-electron chi connectivity index (χ4n) is 2.91. The van der Waals surface area contributed by atoms with Gasteiger partial charge in [-0.3, -0.25) is 0 Å². The number of phenols is 1. The number of rotatable bonds is 8. The number of phenolic OH excluding ortho intramolecular Hbond substituents is 1. The van der Waals surface area contributed by atoms with Crippen molar-refractivity contribution in [2.24, 2.45) is 5.92 Å². The van der Waals surface area contributed by atoms with Crippen molar-refractivity contribution >= 4 is 29.1 Å². The highest BCUT2D eigenvalue weighted by Crippen LogP contribution is 2.32. The molecule has 33 heavy (non-hydrogen) atoms. The predicted molar refractivity (Wildman–Crippen MR) is 120 cm³/mol.